The minimum absolute atomic E-state index is 0.0453. The Balaban J connectivity index is 4.68. The molecule has 7 amide bonds. The molecule has 7 N–H and O–H groups in total. The Labute approximate surface area is 293 Å². The minimum Gasteiger partial charge on any atom is -0.406 e. The molecule has 0 aliphatic rings. The van der Waals surface area contributed by atoms with E-state index in [1.807, 2.05) is 13.8 Å². The largest absolute Gasteiger partial charge is 0.406 e. The molecule has 0 saturated heterocycles. The van der Waals surface area contributed by atoms with Crippen LogP contribution < -0.4 is 37.0 Å². The fraction of sp³-hybridized carbons (Fsp3) is 0.733. The highest BCUT2D eigenvalue weighted by Gasteiger charge is 2.23. The van der Waals surface area contributed by atoms with Gasteiger partial charge in [0.1, 0.15) is 11.8 Å². The van der Waals surface area contributed by atoms with E-state index in [9.17, 15) is 38.4 Å². The van der Waals surface area contributed by atoms with Crippen molar-refractivity contribution in [3.63, 3.8) is 0 Å². The average Bonchev–Trinajstić information content (AvgIpc) is 3.06. The topological polar surface area (TPSA) is 224 Å². The Morgan fingerprint density at radius 3 is 1.51 bits per heavy atom. The Morgan fingerprint density at radius 2 is 0.959 bits per heavy atom. The van der Waals surface area contributed by atoms with Gasteiger partial charge in [0.15, 0.2) is 0 Å². The maximum Gasteiger partial charge on any atom is 0.243 e. The van der Waals surface area contributed by atoms with Crippen LogP contribution >= 0.6 is 0 Å². The van der Waals surface area contributed by atoms with E-state index in [2.05, 4.69) is 37.0 Å². The summed E-state index contributed by atoms with van der Waals surface area (Å²) in [5.74, 6) is -2.15. The summed E-state index contributed by atoms with van der Waals surface area (Å²) < 4.78 is 0. The number of unbranched alkanes of at least 4 members (excludes halogenated alkanes) is 5. The van der Waals surface area contributed by atoms with Crippen molar-refractivity contribution >= 4 is 71.1 Å². The highest BCUT2D eigenvalue weighted by molar-refractivity contribution is 6.15. The molecule has 0 aliphatic heterocycles. The summed E-state index contributed by atoms with van der Waals surface area (Å²) in [6.07, 6.45) is 5.75. The van der Waals surface area contributed by atoms with Gasteiger partial charge in [-0.15, -0.1) is 0 Å². The molecule has 19 heteroatoms. The summed E-state index contributed by atoms with van der Waals surface area (Å²) >= 11 is 0. The van der Waals surface area contributed by atoms with Crippen molar-refractivity contribution in [2.45, 2.75) is 96.9 Å². The lowest BCUT2D eigenvalue weighted by molar-refractivity contribution is -0.132. The van der Waals surface area contributed by atoms with Crippen molar-refractivity contribution < 1.29 is 38.4 Å². The SMILES string of the molecule is BNC(=O)CCCCCNC(=O)C(CC(=O)NCCCCCNC(=O)CN(CC(=O)NB)CC(=O)NB)NC(=O)CCCCC(=O)C(C)C. The summed E-state index contributed by atoms with van der Waals surface area (Å²) in [6.45, 7) is 4.43. The predicted octanol–water partition coefficient (Wildman–Crippen LogP) is -3.98. The second-order valence-corrected chi connectivity index (χ2v) is 12.2. The second kappa shape index (κ2) is 28.0. The van der Waals surface area contributed by atoms with Crippen molar-refractivity contribution in [1.29, 1.82) is 0 Å². The molecular weight excluding hydrogens is 633 g/mol. The van der Waals surface area contributed by atoms with E-state index in [-0.39, 0.29) is 73.7 Å². The average molecular weight is 690 g/mol. The summed E-state index contributed by atoms with van der Waals surface area (Å²) in [7, 11) is 4.53. The van der Waals surface area contributed by atoms with Crippen molar-refractivity contribution in [3.05, 3.63) is 0 Å². The summed E-state index contributed by atoms with van der Waals surface area (Å²) in [6, 6.07) is -1.06. The molecule has 49 heavy (non-hydrogen) atoms. The maximum atomic E-state index is 12.9. The van der Waals surface area contributed by atoms with Crippen LogP contribution in [0.1, 0.15) is 90.9 Å². The molecule has 0 radical (unpaired) electrons. The molecule has 0 aromatic carbocycles. The van der Waals surface area contributed by atoms with Gasteiger partial charge in [-0.25, -0.2) is 0 Å². The van der Waals surface area contributed by atoms with Gasteiger partial charge in [0, 0.05) is 44.8 Å². The van der Waals surface area contributed by atoms with E-state index in [1.165, 1.54) is 20.9 Å². The molecule has 274 valence electrons. The first-order valence-electron chi connectivity index (χ1n) is 17.3. The first kappa shape index (κ1) is 45.1. The summed E-state index contributed by atoms with van der Waals surface area (Å²) in [5, 5.41) is 18.5. The standard InChI is InChI=1S/C30H57B3N8O8/c1-21(2)23(42)11-6-7-12-24(43)37-22(30(49)36-16-8-3-5-13-25(44)38-31)17-26(45)34-14-9-4-10-15-35-27(46)18-41(19-28(47)39-32)20-29(48)40-33/h21-22H,3-20,31-33H2,1-2H3,(H,34,45)(H,35,46)(H,36,49)(H,37,43)(H,38,44)(H,39,47)(H,40,48). The normalized spacial score (nSPS) is 11.3. The van der Waals surface area contributed by atoms with Crippen LogP contribution in [0.2, 0.25) is 0 Å². The number of hydrogen-bond donors (Lipinski definition) is 7. The zero-order valence-electron chi connectivity index (χ0n) is 30.1. The van der Waals surface area contributed by atoms with Crippen LogP contribution in [-0.4, -0.2) is 121 Å². The van der Waals surface area contributed by atoms with Gasteiger partial charge < -0.3 is 37.0 Å². The molecule has 0 spiro atoms. The lowest BCUT2D eigenvalue weighted by Crippen LogP contribution is -2.49. The Morgan fingerprint density at radius 1 is 0.510 bits per heavy atom. The van der Waals surface area contributed by atoms with Crippen LogP contribution in [0, 0.1) is 5.92 Å². The maximum absolute atomic E-state index is 12.9. The van der Waals surface area contributed by atoms with E-state index in [0.717, 1.165) is 6.42 Å². The van der Waals surface area contributed by atoms with E-state index in [4.69, 9.17) is 0 Å². The lowest BCUT2D eigenvalue weighted by atomic mass is 10.0. The highest BCUT2D eigenvalue weighted by Crippen LogP contribution is 2.07. The summed E-state index contributed by atoms with van der Waals surface area (Å²) in [5.41, 5.74) is 0. The molecule has 1 unspecified atom stereocenters. The fourth-order valence-corrected chi connectivity index (χ4v) is 4.53. The fourth-order valence-electron chi connectivity index (χ4n) is 4.53. The van der Waals surface area contributed by atoms with Crippen molar-refractivity contribution in [2.75, 3.05) is 39.3 Å². The van der Waals surface area contributed by atoms with E-state index >= 15 is 0 Å². The molecular formula is C30H57B3N8O8. The Bertz CT molecular complexity index is 1070. The quantitative estimate of drug-likeness (QED) is 0.0314. The highest BCUT2D eigenvalue weighted by atomic mass is 16.2. The van der Waals surface area contributed by atoms with Crippen molar-refractivity contribution in [2.24, 2.45) is 5.92 Å². The van der Waals surface area contributed by atoms with Crippen LogP contribution in [-0.2, 0) is 38.4 Å². The van der Waals surface area contributed by atoms with Crippen LogP contribution in [0.25, 0.3) is 0 Å². The van der Waals surface area contributed by atoms with Crippen LogP contribution in [0.5, 0.6) is 0 Å². The number of nitrogens with one attached hydrogen (secondary N) is 7. The molecule has 0 heterocycles. The molecule has 0 bridgehead atoms. The molecule has 0 aromatic rings. The predicted molar refractivity (Wildman–Crippen MR) is 193 cm³/mol. The van der Waals surface area contributed by atoms with E-state index in [1.54, 1.807) is 7.98 Å². The lowest BCUT2D eigenvalue weighted by Gasteiger charge is -2.20. The number of hydrogen-bond acceptors (Lipinski definition) is 9. The van der Waals surface area contributed by atoms with Gasteiger partial charge in [-0.2, -0.15) is 0 Å². The minimum atomic E-state index is -1.06. The zero-order valence-corrected chi connectivity index (χ0v) is 30.1. The number of rotatable bonds is 28. The molecule has 0 saturated carbocycles. The van der Waals surface area contributed by atoms with Gasteiger partial charge in [0.2, 0.25) is 65.3 Å². The van der Waals surface area contributed by atoms with Crippen LogP contribution in [0.4, 0.5) is 0 Å². The smallest absolute Gasteiger partial charge is 0.243 e. The van der Waals surface area contributed by atoms with Crippen molar-refractivity contribution in [3.8, 4) is 0 Å². The van der Waals surface area contributed by atoms with E-state index < -0.39 is 17.9 Å². The van der Waals surface area contributed by atoms with Crippen LogP contribution in [0.3, 0.4) is 0 Å². The Kier molecular flexibility index (Phi) is 25.8. The number of carbonyl (C=O) groups is 8. The molecule has 0 fully saturated rings. The third-order valence-electron chi connectivity index (χ3n) is 7.58. The Hall–Kier alpha value is -3.89. The van der Waals surface area contributed by atoms with Gasteiger partial charge in [-0.05, 0) is 44.9 Å². The number of carbonyl (C=O) groups excluding carboxylic acids is 8. The molecule has 1 atom stereocenters. The van der Waals surface area contributed by atoms with Crippen LogP contribution in [0.15, 0.2) is 0 Å². The molecule has 0 aliphatic carbocycles. The van der Waals surface area contributed by atoms with Crippen molar-refractivity contribution in [1.82, 2.24) is 41.9 Å². The number of ketones is 1. The number of Topliss-reactive ketones (excluding diaryl/α,β-unsaturated/α-hetero) is 1. The molecule has 16 nitrogen and oxygen atoms in total. The third kappa shape index (κ3) is 24.8. The van der Waals surface area contributed by atoms with Gasteiger partial charge in [-0.1, -0.05) is 20.3 Å². The monoisotopic (exact) mass is 690 g/mol. The third-order valence-corrected chi connectivity index (χ3v) is 7.58. The first-order valence-corrected chi connectivity index (χ1v) is 17.3. The van der Waals surface area contributed by atoms with Gasteiger partial charge in [-0.3, -0.25) is 43.3 Å². The molecule has 0 aromatic heterocycles. The number of amides is 7. The summed E-state index contributed by atoms with van der Waals surface area (Å²) in [4.78, 5) is 98.5. The van der Waals surface area contributed by atoms with Gasteiger partial charge >= 0.3 is 0 Å². The number of nitrogens with zero attached hydrogens (tertiary/aromatic N) is 1. The first-order chi connectivity index (χ1) is 23.3. The van der Waals surface area contributed by atoms with Gasteiger partial charge in [0.25, 0.3) is 0 Å². The zero-order chi connectivity index (χ0) is 37.0. The van der Waals surface area contributed by atoms with Gasteiger partial charge in [0.05, 0.1) is 26.1 Å². The van der Waals surface area contributed by atoms with E-state index in [0.29, 0.717) is 77.4 Å². The molecule has 0 rings (SSSR count). The second-order valence-electron chi connectivity index (χ2n) is 12.2.